The minimum atomic E-state index is -3.19. The van der Waals surface area contributed by atoms with Crippen molar-refractivity contribution >= 4 is 21.8 Å². The van der Waals surface area contributed by atoms with Gasteiger partial charge in [-0.1, -0.05) is 0 Å². The summed E-state index contributed by atoms with van der Waals surface area (Å²) >= 11 is 0. The molecule has 1 heterocycles. The number of carboxylic acids is 1. The lowest BCUT2D eigenvalue weighted by Crippen LogP contribution is -2.48. The number of nitrogens with zero attached hydrogens (tertiary/aromatic N) is 2. The summed E-state index contributed by atoms with van der Waals surface area (Å²) in [6.07, 6.45) is 4.00. The summed E-state index contributed by atoms with van der Waals surface area (Å²) in [6.45, 7) is -0.0128. The molecule has 1 rings (SSSR count). The van der Waals surface area contributed by atoms with E-state index in [1.54, 1.807) is 0 Å². The molecule has 0 aliphatic heterocycles. The van der Waals surface area contributed by atoms with Crippen molar-refractivity contribution in [3.8, 4) is 0 Å². The summed E-state index contributed by atoms with van der Waals surface area (Å²) in [6, 6.07) is -1.77. The zero-order valence-electron chi connectivity index (χ0n) is 11.7. The number of aliphatic carboxylic acids is 1. The van der Waals surface area contributed by atoms with Gasteiger partial charge in [0.15, 0.2) is 0 Å². The summed E-state index contributed by atoms with van der Waals surface area (Å²) in [5.41, 5.74) is 0.571. The van der Waals surface area contributed by atoms with E-state index in [-0.39, 0.29) is 18.7 Å². The first-order valence-electron chi connectivity index (χ1n) is 6.08. The van der Waals surface area contributed by atoms with Crippen molar-refractivity contribution in [1.82, 2.24) is 20.2 Å². The van der Waals surface area contributed by atoms with E-state index in [0.29, 0.717) is 5.69 Å². The van der Waals surface area contributed by atoms with Gasteiger partial charge in [0.1, 0.15) is 15.9 Å². The molecule has 0 fully saturated rings. The predicted molar refractivity (Wildman–Crippen MR) is 74.6 cm³/mol. The number of imidazole rings is 1. The number of aromatic amines is 1. The number of H-pyrrole nitrogens is 1. The molecule has 3 N–H and O–H groups in total. The van der Waals surface area contributed by atoms with Gasteiger partial charge in [-0.05, 0) is 0 Å². The van der Waals surface area contributed by atoms with Crippen LogP contribution in [0.2, 0.25) is 0 Å². The maximum Gasteiger partial charge on any atom is 0.326 e. The number of carbonyl (C=O) groups excluding carboxylic acids is 1. The number of aromatic nitrogens is 2. The first-order valence-corrected chi connectivity index (χ1v) is 8.14. The second-order valence-electron chi connectivity index (χ2n) is 4.67. The highest BCUT2D eigenvalue weighted by Gasteiger charge is 2.23. The van der Waals surface area contributed by atoms with Crippen LogP contribution in [-0.2, 0) is 21.1 Å². The summed E-state index contributed by atoms with van der Waals surface area (Å²) in [4.78, 5) is 30.6. The topological polar surface area (TPSA) is 132 Å². The van der Waals surface area contributed by atoms with Gasteiger partial charge < -0.3 is 20.3 Å². The third-order valence-corrected chi connectivity index (χ3v) is 3.64. The molecule has 0 aliphatic rings. The highest BCUT2D eigenvalue weighted by atomic mass is 32.2. The Labute approximate surface area is 122 Å². The van der Waals surface area contributed by atoms with E-state index in [1.807, 2.05) is 0 Å². The highest BCUT2D eigenvalue weighted by Crippen LogP contribution is 2.00. The van der Waals surface area contributed by atoms with Gasteiger partial charge in [0, 0.05) is 38.2 Å². The van der Waals surface area contributed by atoms with Gasteiger partial charge in [0.25, 0.3) is 0 Å². The number of hydrogen-bond acceptors (Lipinski definition) is 5. The Bertz CT molecular complexity index is 584. The van der Waals surface area contributed by atoms with Crippen molar-refractivity contribution in [3.05, 3.63) is 18.2 Å². The number of urea groups is 1. The van der Waals surface area contributed by atoms with E-state index < -0.39 is 27.9 Å². The molecule has 1 aromatic heterocycles. The molecule has 0 aromatic carbocycles. The van der Waals surface area contributed by atoms with Crippen LogP contribution in [0.4, 0.5) is 4.79 Å². The van der Waals surface area contributed by atoms with Gasteiger partial charge in [-0.3, -0.25) is 0 Å². The first-order chi connectivity index (χ1) is 9.69. The lowest BCUT2D eigenvalue weighted by atomic mass is 10.1. The molecule has 9 nitrogen and oxygen atoms in total. The van der Waals surface area contributed by atoms with Crippen molar-refractivity contribution in [2.45, 2.75) is 12.5 Å². The monoisotopic (exact) mass is 318 g/mol. The zero-order valence-corrected chi connectivity index (χ0v) is 12.6. The van der Waals surface area contributed by atoms with Crippen LogP contribution >= 0.6 is 0 Å². The summed E-state index contributed by atoms with van der Waals surface area (Å²) in [5, 5.41) is 11.4. The molecule has 21 heavy (non-hydrogen) atoms. The number of amides is 2. The second-order valence-corrected chi connectivity index (χ2v) is 6.93. The third kappa shape index (κ3) is 6.25. The van der Waals surface area contributed by atoms with Crippen molar-refractivity contribution < 1.29 is 23.1 Å². The molecule has 0 saturated carbocycles. The van der Waals surface area contributed by atoms with E-state index in [9.17, 15) is 18.0 Å². The smallest absolute Gasteiger partial charge is 0.326 e. The molecular weight excluding hydrogens is 300 g/mol. The lowest BCUT2D eigenvalue weighted by Gasteiger charge is -2.20. The van der Waals surface area contributed by atoms with Crippen LogP contribution in [0, 0.1) is 0 Å². The van der Waals surface area contributed by atoms with E-state index in [0.717, 1.165) is 11.2 Å². The fourth-order valence-electron chi connectivity index (χ4n) is 1.48. The van der Waals surface area contributed by atoms with Crippen molar-refractivity contribution in [2.75, 3.05) is 25.6 Å². The van der Waals surface area contributed by atoms with Crippen LogP contribution < -0.4 is 5.32 Å². The molecular formula is C11H18N4O5S. The molecule has 0 bridgehead atoms. The Morgan fingerprint density at radius 2 is 2.19 bits per heavy atom. The van der Waals surface area contributed by atoms with Crippen LogP contribution in [0.3, 0.4) is 0 Å². The SMILES string of the molecule is CN(CCS(C)(=O)=O)C(=O)NC(Cc1cnc[nH]1)C(=O)O. The van der Waals surface area contributed by atoms with Crippen LogP contribution in [0.5, 0.6) is 0 Å². The summed E-state index contributed by atoms with van der Waals surface area (Å²) < 4.78 is 22.1. The molecule has 1 atom stereocenters. The minimum Gasteiger partial charge on any atom is -0.480 e. The van der Waals surface area contributed by atoms with E-state index in [2.05, 4.69) is 15.3 Å². The number of sulfone groups is 1. The summed E-state index contributed by atoms with van der Waals surface area (Å²) in [5.74, 6) is -1.37. The Morgan fingerprint density at radius 3 is 2.67 bits per heavy atom. The number of carbonyl (C=O) groups is 2. The normalized spacial score (nSPS) is 12.7. The van der Waals surface area contributed by atoms with E-state index >= 15 is 0 Å². The van der Waals surface area contributed by atoms with Crippen LogP contribution in [0.25, 0.3) is 0 Å². The Kier molecular flexibility index (Phi) is 5.70. The fraction of sp³-hybridized carbons (Fsp3) is 0.545. The fourth-order valence-corrected chi connectivity index (χ4v) is 2.09. The highest BCUT2D eigenvalue weighted by molar-refractivity contribution is 7.90. The van der Waals surface area contributed by atoms with Gasteiger partial charge >= 0.3 is 12.0 Å². The van der Waals surface area contributed by atoms with Crippen molar-refractivity contribution in [1.29, 1.82) is 0 Å². The molecule has 1 aromatic rings. The lowest BCUT2D eigenvalue weighted by molar-refractivity contribution is -0.139. The van der Waals surface area contributed by atoms with Crippen LogP contribution in [0.15, 0.2) is 12.5 Å². The predicted octanol–water partition coefficient (Wildman–Crippen LogP) is -0.909. The molecule has 2 amide bonds. The number of hydrogen-bond donors (Lipinski definition) is 3. The standard InChI is InChI=1S/C11H18N4O5S/c1-15(3-4-21(2,19)20)11(18)14-9(10(16)17)5-8-6-12-7-13-8/h6-7,9H,3-5H2,1-2H3,(H,12,13)(H,14,18)(H,16,17). The Morgan fingerprint density at radius 1 is 1.52 bits per heavy atom. The van der Waals surface area contributed by atoms with E-state index in [1.165, 1.54) is 19.6 Å². The number of rotatable bonds is 7. The Balaban J connectivity index is 2.58. The number of carboxylic acid groups (broad SMARTS) is 1. The maximum absolute atomic E-state index is 11.8. The molecule has 0 aliphatic carbocycles. The van der Waals surface area contributed by atoms with Crippen molar-refractivity contribution in [2.24, 2.45) is 0 Å². The van der Waals surface area contributed by atoms with Crippen LogP contribution in [-0.4, -0.2) is 72.0 Å². The average Bonchev–Trinajstić information content (AvgIpc) is 2.86. The van der Waals surface area contributed by atoms with E-state index in [4.69, 9.17) is 5.11 Å². The molecule has 10 heteroatoms. The zero-order chi connectivity index (χ0) is 16.0. The molecule has 1 unspecified atom stereocenters. The second kappa shape index (κ2) is 7.07. The van der Waals surface area contributed by atoms with Crippen molar-refractivity contribution in [3.63, 3.8) is 0 Å². The largest absolute Gasteiger partial charge is 0.480 e. The quantitative estimate of drug-likeness (QED) is 0.596. The summed E-state index contributed by atoms with van der Waals surface area (Å²) in [7, 11) is -1.79. The Hall–Kier alpha value is -2.10. The van der Waals surface area contributed by atoms with Crippen LogP contribution in [0.1, 0.15) is 5.69 Å². The first kappa shape index (κ1) is 17.0. The number of nitrogens with one attached hydrogen (secondary N) is 2. The van der Waals surface area contributed by atoms with Gasteiger partial charge in [0.05, 0.1) is 12.1 Å². The minimum absolute atomic E-state index is 0.0128. The van der Waals surface area contributed by atoms with Gasteiger partial charge in [-0.2, -0.15) is 0 Å². The molecule has 0 radical (unpaired) electrons. The average molecular weight is 318 g/mol. The third-order valence-electron chi connectivity index (χ3n) is 2.72. The van der Waals surface area contributed by atoms with Gasteiger partial charge in [0.2, 0.25) is 0 Å². The van der Waals surface area contributed by atoms with Gasteiger partial charge in [-0.15, -0.1) is 0 Å². The van der Waals surface area contributed by atoms with Gasteiger partial charge in [-0.25, -0.2) is 23.0 Å². The molecule has 118 valence electrons. The molecule has 0 saturated heterocycles. The maximum atomic E-state index is 11.8. The molecule has 0 spiro atoms.